The molecule has 4 aromatic carbocycles. The normalized spacial score (nSPS) is 14.7. The largest absolute Gasteiger partial charge is 0.493 e. The van der Waals surface area contributed by atoms with Crippen LogP contribution in [-0.4, -0.2) is 44.7 Å². The van der Waals surface area contributed by atoms with Crippen molar-refractivity contribution < 1.29 is 31.7 Å². The molecule has 1 heterocycles. The number of hydrogen-bond donors (Lipinski definition) is 0. The van der Waals surface area contributed by atoms with E-state index in [9.17, 15) is 18.0 Å². The van der Waals surface area contributed by atoms with Gasteiger partial charge in [0.05, 0.1) is 23.6 Å². The first-order valence-electron chi connectivity index (χ1n) is 12.0. The zero-order chi connectivity index (χ0) is 28.3. The molecule has 204 valence electrons. The molecule has 40 heavy (non-hydrogen) atoms. The van der Waals surface area contributed by atoms with Crippen molar-refractivity contribution in [3.05, 3.63) is 100 Å². The third-order valence-corrected chi connectivity index (χ3v) is 8.50. The molecule has 0 spiro atoms. The topological polar surface area (TPSA) is 99.2 Å². The summed E-state index contributed by atoms with van der Waals surface area (Å²) in [6.07, 6.45) is 1.53. The zero-order valence-corrected chi connectivity index (χ0v) is 23.5. The summed E-state index contributed by atoms with van der Waals surface area (Å²) in [5.74, 6) is 0.126. The molecule has 0 aromatic heterocycles. The Labute approximate surface area is 240 Å². The van der Waals surface area contributed by atoms with Crippen molar-refractivity contribution in [2.24, 2.45) is 0 Å². The first-order chi connectivity index (χ1) is 19.3. The van der Waals surface area contributed by atoms with Crippen LogP contribution in [0.1, 0.15) is 5.56 Å². The van der Waals surface area contributed by atoms with Crippen molar-refractivity contribution in [3.8, 4) is 17.2 Å². The monoisotopic (exact) mass is 595 g/mol. The van der Waals surface area contributed by atoms with Gasteiger partial charge in [0.25, 0.3) is 11.1 Å². The molecule has 5 rings (SSSR count). The van der Waals surface area contributed by atoms with Crippen molar-refractivity contribution in [1.29, 1.82) is 0 Å². The number of ether oxygens (including phenoxy) is 2. The van der Waals surface area contributed by atoms with Crippen LogP contribution in [0.2, 0.25) is 5.02 Å². The minimum Gasteiger partial charge on any atom is -0.493 e. The second-order valence-electron chi connectivity index (χ2n) is 8.54. The van der Waals surface area contributed by atoms with E-state index in [1.54, 1.807) is 48.5 Å². The van der Waals surface area contributed by atoms with E-state index in [1.165, 1.54) is 31.4 Å². The van der Waals surface area contributed by atoms with E-state index in [2.05, 4.69) is 0 Å². The van der Waals surface area contributed by atoms with Crippen LogP contribution < -0.4 is 13.7 Å². The number of fused-ring (bicyclic) bond motifs is 1. The van der Waals surface area contributed by atoms with Gasteiger partial charge in [0.15, 0.2) is 11.5 Å². The molecular formula is C29H22ClNO7S2. The van der Waals surface area contributed by atoms with Crippen LogP contribution in [0.4, 0.5) is 4.79 Å². The molecule has 1 saturated heterocycles. The lowest BCUT2D eigenvalue weighted by Crippen LogP contribution is -2.32. The number of thioether (sulfide) groups is 1. The molecule has 0 saturated carbocycles. The van der Waals surface area contributed by atoms with E-state index >= 15 is 0 Å². The lowest BCUT2D eigenvalue weighted by atomic mass is 10.1. The van der Waals surface area contributed by atoms with Crippen molar-refractivity contribution in [2.75, 3.05) is 20.3 Å². The maximum absolute atomic E-state index is 13.2. The number of hydrogen-bond acceptors (Lipinski definition) is 8. The summed E-state index contributed by atoms with van der Waals surface area (Å²) in [4.78, 5) is 26.7. The van der Waals surface area contributed by atoms with Gasteiger partial charge in [-0.15, -0.1) is 0 Å². The van der Waals surface area contributed by atoms with Crippen LogP contribution in [0.5, 0.6) is 17.2 Å². The molecule has 1 fully saturated rings. The number of carbonyl (C=O) groups excluding carboxylic acids is 2. The zero-order valence-electron chi connectivity index (χ0n) is 21.1. The number of halogens is 1. The highest BCUT2D eigenvalue weighted by Crippen LogP contribution is 2.36. The quantitative estimate of drug-likeness (QED) is 0.162. The lowest BCUT2D eigenvalue weighted by molar-refractivity contribution is -0.123. The van der Waals surface area contributed by atoms with E-state index in [4.69, 9.17) is 25.3 Å². The first-order valence-corrected chi connectivity index (χ1v) is 14.6. The molecule has 1 aliphatic heterocycles. The van der Waals surface area contributed by atoms with Gasteiger partial charge in [-0.2, -0.15) is 8.42 Å². The molecule has 4 aromatic rings. The summed E-state index contributed by atoms with van der Waals surface area (Å²) >= 11 is 6.88. The van der Waals surface area contributed by atoms with E-state index in [-0.39, 0.29) is 34.5 Å². The van der Waals surface area contributed by atoms with Gasteiger partial charge in [-0.05, 0) is 59.1 Å². The first kappa shape index (κ1) is 27.6. The Morgan fingerprint density at radius 3 is 2.45 bits per heavy atom. The Bertz CT molecular complexity index is 1750. The maximum atomic E-state index is 13.2. The number of amides is 2. The van der Waals surface area contributed by atoms with Gasteiger partial charge in [0.1, 0.15) is 17.3 Å². The van der Waals surface area contributed by atoms with Crippen LogP contribution in [0.25, 0.3) is 16.8 Å². The average Bonchev–Trinajstić information content (AvgIpc) is 3.21. The lowest BCUT2D eigenvalue weighted by Gasteiger charge is -2.14. The highest BCUT2D eigenvalue weighted by molar-refractivity contribution is 8.18. The van der Waals surface area contributed by atoms with Crippen LogP contribution in [0.3, 0.4) is 0 Å². The fourth-order valence-corrected chi connectivity index (χ4v) is 6.29. The number of carbonyl (C=O) groups is 2. The molecule has 0 N–H and O–H groups in total. The van der Waals surface area contributed by atoms with E-state index < -0.39 is 21.3 Å². The maximum Gasteiger partial charge on any atom is 0.339 e. The smallest absolute Gasteiger partial charge is 0.339 e. The minimum absolute atomic E-state index is 0.0163. The number of para-hydroxylation sites is 1. The van der Waals surface area contributed by atoms with Gasteiger partial charge in [0, 0.05) is 5.39 Å². The number of imide groups is 1. The fraction of sp³-hybridized carbons (Fsp3) is 0.103. The van der Waals surface area contributed by atoms with Crippen molar-refractivity contribution in [2.45, 2.75) is 4.90 Å². The van der Waals surface area contributed by atoms with E-state index in [1.807, 2.05) is 18.2 Å². The van der Waals surface area contributed by atoms with Crippen molar-refractivity contribution in [3.63, 3.8) is 0 Å². The minimum atomic E-state index is -4.19. The highest BCUT2D eigenvalue weighted by atomic mass is 35.5. The van der Waals surface area contributed by atoms with E-state index in [0.717, 1.165) is 22.0 Å². The number of benzene rings is 4. The number of nitrogens with zero attached hydrogens (tertiary/aromatic N) is 1. The summed E-state index contributed by atoms with van der Waals surface area (Å²) in [6, 6.07) is 23.5. The van der Waals surface area contributed by atoms with Crippen molar-refractivity contribution >= 4 is 61.5 Å². The molecule has 2 amide bonds. The summed E-state index contributed by atoms with van der Waals surface area (Å²) in [6.45, 7) is 0.134. The molecular weight excluding hydrogens is 574 g/mol. The Kier molecular flexibility index (Phi) is 8.02. The number of methoxy groups -OCH3 is 1. The van der Waals surface area contributed by atoms with Gasteiger partial charge < -0.3 is 13.7 Å². The third-order valence-electron chi connectivity index (χ3n) is 5.99. The molecule has 8 nitrogen and oxygen atoms in total. The Hall–Kier alpha value is -3.99. The van der Waals surface area contributed by atoms with Crippen LogP contribution in [0, 0.1) is 0 Å². The van der Waals surface area contributed by atoms with Gasteiger partial charge in [0.2, 0.25) is 0 Å². The highest BCUT2D eigenvalue weighted by Gasteiger charge is 2.35. The fourth-order valence-electron chi connectivity index (χ4n) is 4.07. The summed E-state index contributed by atoms with van der Waals surface area (Å²) in [7, 11) is -2.81. The second kappa shape index (κ2) is 11.6. The summed E-state index contributed by atoms with van der Waals surface area (Å²) in [5.41, 5.74) is 0.518. The average molecular weight is 596 g/mol. The number of rotatable bonds is 9. The molecule has 1 aliphatic rings. The van der Waals surface area contributed by atoms with Crippen molar-refractivity contribution in [1.82, 2.24) is 4.90 Å². The van der Waals surface area contributed by atoms with Crippen LogP contribution in [0.15, 0.2) is 94.7 Å². The van der Waals surface area contributed by atoms with Crippen LogP contribution in [-0.2, 0) is 14.9 Å². The predicted octanol–water partition coefficient (Wildman–Crippen LogP) is 6.38. The van der Waals surface area contributed by atoms with Gasteiger partial charge >= 0.3 is 10.1 Å². The predicted molar refractivity (Wildman–Crippen MR) is 154 cm³/mol. The van der Waals surface area contributed by atoms with Gasteiger partial charge in [-0.3, -0.25) is 14.5 Å². The third kappa shape index (κ3) is 5.79. The molecule has 11 heteroatoms. The van der Waals surface area contributed by atoms with Crippen LogP contribution >= 0.6 is 23.4 Å². The summed E-state index contributed by atoms with van der Waals surface area (Å²) < 4.78 is 42.8. The standard InChI is InChI=1S/C29H22ClNO7S2/c1-36-25-17-19(13-14-24(25)38-40(34,35)27-12-6-8-20-7-2-3-9-21(20)27)18-26-28(32)31(29(33)39-26)15-16-37-23-11-5-4-10-22(23)30/h2-14,17-18H,15-16H2,1H3/b26-18-. The molecule has 0 unspecified atom stereocenters. The molecule has 0 atom stereocenters. The summed E-state index contributed by atoms with van der Waals surface area (Å²) in [5, 5.41) is 1.31. The molecule has 0 radical (unpaired) electrons. The molecule has 0 aliphatic carbocycles. The van der Waals surface area contributed by atoms with Gasteiger partial charge in [-0.1, -0.05) is 66.2 Å². The van der Waals surface area contributed by atoms with E-state index in [0.29, 0.717) is 21.7 Å². The Morgan fingerprint density at radius 2 is 1.65 bits per heavy atom. The molecule has 0 bridgehead atoms. The Balaban J connectivity index is 1.31. The Morgan fingerprint density at radius 1 is 0.900 bits per heavy atom. The van der Waals surface area contributed by atoms with Gasteiger partial charge in [-0.25, -0.2) is 0 Å². The second-order valence-corrected chi connectivity index (χ2v) is 11.5. The SMILES string of the molecule is COc1cc(/C=C2\SC(=O)N(CCOc3ccccc3Cl)C2=O)ccc1OS(=O)(=O)c1cccc2ccccc12.